The number of hydrogen-bond acceptors (Lipinski definition) is 2. The fourth-order valence-electron chi connectivity index (χ4n) is 5.34. The monoisotopic (exact) mass is 292 g/mol. The van der Waals surface area contributed by atoms with Crippen molar-refractivity contribution >= 4 is 12.0 Å². The van der Waals surface area contributed by atoms with Crippen LogP contribution < -0.4 is 0 Å². The summed E-state index contributed by atoms with van der Waals surface area (Å²) < 4.78 is 0. The van der Waals surface area contributed by atoms with Crippen molar-refractivity contribution in [1.82, 2.24) is 9.80 Å². The molecule has 116 valence electrons. The number of carbonyl (C=O) groups excluding carboxylic acids is 1. The van der Waals surface area contributed by atoms with Crippen molar-refractivity contribution in [3.8, 4) is 0 Å². The molecule has 2 amide bonds. The highest BCUT2D eigenvalue weighted by atomic mass is 16.4. The summed E-state index contributed by atoms with van der Waals surface area (Å²) >= 11 is 0. The zero-order valence-corrected chi connectivity index (χ0v) is 12.4. The molecule has 0 aromatic rings. The summed E-state index contributed by atoms with van der Waals surface area (Å²) in [5.74, 6) is -0.368. The van der Waals surface area contributed by atoms with Gasteiger partial charge in [-0.1, -0.05) is 12.8 Å². The van der Waals surface area contributed by atoms with Crippen LogP contribution >= 0.6 is 0 Å². The fraction of sp³-hybridized carbons (Fsp3) is 0.875. The highest BCUT2D eigenvalue weighted by Gasteiger charge is 2.53. The van der Waals surface area contributed by atoms with Crippen LogP contribution in [-0.2, 0) is 4.79 Å². The van der Waals surface area contributed by atoms with E-state index >= 15 is 0 Å². The largest absolute Gasteiger partial charge is 0.481 e. The van der Waals surface area contributed by atoms with Crippen LogP contribution in [0, 0.1) is 11.8 Å². The molecule has 4 rings (SSSR count). The van der Waals surface area contributed by atoms with E-state index in [1.165, 1.54) is 19.3 Å². The second-order valence-corrected chi connectivity index (χ2v) is 7.26. The Hall–Kier alpha value is -1.26. The molecule has 21 heavy (non-hydrogen) atoms. The van der Waals surface area contributed by atoms with Gasteiger partial charge in [-0.25, -0.2) is 4.79 Å². The number of carboxylic acid groups (broad SMARTS) is 1. The quantitative estimate of drug-likeness (QED) is 0.806. The predicted molar refractivity (Wildman–Crippen MR) is 76.9 cm³/mol. The van der Waals surface area contributed by atoms with Crippen LogP contribution in [0.25, 0.3) is 0 Å². The number of likely N-dealkylation sites (tertiary alicyclic amines) is 1. The Morgan fingerprint density at radius 3 is 2.52 bits per heavy atom. The molecule has 5 atom stereocenters. The molecule has 1 N–H and O–H groups in total. The Morgan fingerprint density at radius 1 is 0.952 bits per heavy atom. The van der Waals surface area contributed by atoms with Gasteiger partial charge in [0.15, 0.2) is 0 Å². The number of hydrogen-bond donors (Lipinski definition) is 1. The van der Waals surface area contributed by atoms with Crippen LogP contribution in [0.2, 0.25) is 0 Å². The van der Waals surface area contributed by atoms with Gasteiger partial charge in [-0.05, 0) is 44.4 Å². The topological polar surface area (TPSA) is 60.9 Å². The normalized spacial score (nSPS) is 41.4. The molecule has 3 heterocycles. The van der Waals surface area contributed by atoms with E-state index in [0.29, 0.717) is 18.4 Å². The van der Waals surface area contributed by atoms with Crippen molar-refractivity contribution in [3.05, 3.63) is 0 Å². The summed E-state index contributed by atoms with van der Waals surface area (Å²) in [5.41, 5.74) is 0. The number of rotatable bonds is 1. The maximum atomic E-state index is 13.0. The second-order valence-electron chi connectivity index (χ2n) is 7.26. The van der Waals surface area contributed by atoms with Gasteiger partial charge in [-0.2, -0.15) is 0 Å². The molecule has 1 aliphatic carbocycles. The number of carbonyl (C=O) groups is 2. The highest BCUT2D eigenvalue weighted by molar-refractivity contribution is 5.80. The van der Waals surface area contributed by atoms with E-state index in [0.717, 1.165) is 32.2 Å². The number of fused-ring (bicyclic) bond motifs is 3. The van der Waals surface area contributed by atoms with Crippen molar-refractivity contribution in [2.75, 3.05) is 6.54 Å². The average Bonchev–Trinajstić information content (AvgIpc) is 3.18. The molecule has 3 saturated heterocycles. The van der Waals surface area contributed by atoms with Crippen LogP contribution in [0.1, 0.15) is 51.4 Å². The standard InChI is InChI=1S/C16H24N2O3/c19-15(20)12-9-11-5-6-14(12)18(11)16(21)17-8-7-10-3-1-2-4-13(10)17/h10-14H,1-9H2,(H,19,20). The molecule has 2 bridgehead atoms. The molecule has 1 saturated carbocycles. The Bertz CT molecular complexity index is 466. The first-order valence-electron chi connectivity index (χ1n) is 8.48. The van der Waals surface area contributed by atoms with Gasteiger partial charge < -0.3 is 14.9 Å². The molecule has 0 spiro atoms. The lowest BCUT2D eigenvalue weighted by molar-refractivity contribution is -0.142. The molecule has 4 fully saturated rings. The summed E-state index contributed by atoms with van der Waals surface area (Å²) in [7, 11) is 0. The molecule has 0 radical (unpaired) electrons. The maximum Gasteiger partial charge on any atom is 0.320 e. The number of aliphatic carboxylic acids is 1. The number of nitrogens with zero attached hydrogens (tertiary/aromatic N) is 2. The molecule has 5 nitrogen and oxygen atoms in total. The van der Waals surface area contributed by atoms with E-state index < -0.39 is 5.97 Å². The zero-order valence-electron chi connectivity index (χ0n) is 12.4. The smallest absolute Gasteiger partial charge is 0.320 e. The van der Waals surface area contributed by atoms with Gasteiger partial charge in [-0.3, -0.25) is 4.79 Å². The van der Waals surface area contributed by atoms with Crippen LogP contribution in [0.15, 0.2) is 0 Å². The van der Waals surface area contributed by atoms with Gasteiger partial charge in [0.05, 0.1) is 5.92 Å². The average molecular weight is 292 g/mol. The van der Waals surface area contributed by atoms with Gasteiger partial charge in [0.25, 0.3) is 0 Å². The van der Waals surface area contributed by atoms with E-state index in [4.69, 9.17) is 0 Å². The first kappa shape index (κ1) is 13.4. The van der Waals surface area contributed by atoms with E-state index in [9.17, 15) is 14.7 Å². The van der Waals surface area contributed by atoms with E-state index in [2.05, 4.69) is 4.90 Å². The summed E-state index contributed by atoms with van der Waals surface area (Å²) in [6.07, 6.45) is 8.60. The third-order valence-corrected chi connectivity index (χ3v) is 6.33. The third-order valence-electron chi connectivity index (χ3n) is 6.33. The molecule has 0 aromatic heterocycles. The Morgan fingerprint density at radius 2 is 1.76 bits per heavy atom. The number of amides is 2. The summed E-state index contributed by atoms with van der Waals surface area (Å²) in [4.78, 5) is 28.4. The number of urea groups is 1. The third kappa shape index (κ3) is 1.96. The first-order chi connectivity index (χ1) is 10.2. The van der Waals surface area contributed by atoms with Crippen molar-refractivity contribution in [2.45, 2.75) is 69.5 Å². The lowest BCUT2D eigenvalue weighted by Gasteiger charge is -2.35. The minimum Gasteiger partial charge on any atom is -0.481 e. The SMILES string of the molecule is O=C(O)C1CC2CCC1N2C(=O)N1CCC2CCCCC21. The van der Waals surface area contributed by atoms with Gasteiger partial charge in [0.2, 0.25) is 0 Å². The van der Waals surface area contributed by atoms with Gasteiger partial charge in [0.1, 0.15) is 0 Å². The molecule has 5 heteroatoms. The van der Waals surface area contributed by atoms with Crippen molar-refractivity contribution < 1.29 is 14.7 Å². The van der Waals surface area contributed by atoms with Crippen LogP contribution in [0.5, 0.6) is 0 Å². The van der Waals surface area contributed by atoms with E-state index in [1.54, 1.807) is 0 Å². The molecular formula is C16H24N2O3. The van der Waals surface area contributed by atoms with E-state index in [-0.39, 0.29) is 24.0 Å². The van der Waals surface area contributed by atoms with E-state index in [1.807, 2.05) is 4.90 Å². The Balaban J connectivity index is 1.52. The lowest BCUT2D eigenvalue weighted by atomic mass is 9.85. The van der Waals surface area contributed by atoms with Crippen LogP contribution in [0.3, 0.4) is 0 Å². The van der Waals surface area contributed by atoms with Gasteiger partial charge >= 0.3 is 12.0 Å². The first-order valence-corrected chi connectivity index (χ1v) is 8.48. The predicted octanol–water partition coefficient (Wildman–Crippen LogP) is 2.31. The van der Waals surface area contributed by atoms with Crippen molar-refractivity contribution in [2.24, 2.45) is 11.8 Å². The Labute approximate surface area is 125 Å². The molecule has 4 aliphatic rings. The van der Waals surface area contributed by atoms with Gasteiger partial charge in [0, 0.05) is 24.7 Å². The number of carboxylic acids is 1. The van der Waals surface area contributed by atoms with Crippen molar-refractivity contribution in [3.63, 3.8) is 0 Å². The Kier molecular flexibility index (Phi) is 3.12. The summed E-state index contributed by atoms with van der Waals surface area (Å²) in [6.45, 7) is 0.877. The maximum absolute atomic E-state index is 13.0. The zero-order chi connectivity index (χ0) is 14.6. The molecule has 0 aromatic carbocycles. The van der Waals surface area contributed by atoms with Crippen LogP contribution in [0.4, 0.5) is 4.79 Å². The molecule has 5 unspecified atom stereocenters. The molecule has 3 aliphatic heterocycles. The van der Waals surface area contributed by atoms with Gasteiger partial charge in [-0.15, -0.1) is 0 Å². The van der Waals surface area contributed by atoms with Crippen molar-refractivity contribution in [1.29, 1.82) is 0 Å². The summed E-state index contributed by atoms with van der Waals surface area (Å²) in [5, 5.41) is 9.34. The lowest BCUT2D eigenvalue weighted by Crippen LogP contribution is -2.49. The fourth-order valence-corrected chi connectivity index (χ4v) is 5.34. The molecular weight excluding hydrogens is 268 g/mol. The minimum absolute atomic E-state index is 0.0531. The van der Waals surface area contributed by atoms with Crippen LogP contribution in [-0.4, -0.2) is 51.6 Å². The second kappa shape index (κ2) is 4.89. The highest BCUT2D eigenvalue weighted by Crippen LogP contribution is 2.44. The summed E-state index contributed by atoms with van der Waals surface area (Å²) in [6, 6.07) is 0.684. The minimum atomic E-state index is -0.725.